The van der Waals surface area contributed by atoms with Crippen molar-refractivity contribution >= 4 is 34.1 Å². The highest BCUT2D eigenvalue weighted by molar-refractivity contribution is 7.14. The van der Waals surface area contributed by atoms with E-state index in [-0.39, 0.29) is 11.6 Å². The van der Waals surface area contributed by atoms with Crippen LogP contribution in [-0.2, 0) is 6.54 Å². The summed E-state index contributed by atoms with van der Waals surface area (Å²) in [6, 6.07) is 16.1. The number of amides is 3. The summed E-state index contributed by atoms with van der Waals surface area (Å²) in [5.41, 5.74) is 1.77. The van der Waals surface area contributed by atoms with Crippen LogP contribution < -0.4 is 20.7 Å². The van der Waals surface area contributed by atoms with Gasteiger partial charge in [-0.2, -0.15) is 0 Å². The summed E-state index contributed by atoms with van der Waals surface area (Å²) in [4.78, 5) is 28.4. The monoisotopic (exact) mass is 382 g/mol. The SMILES string of the molecule is COc1ccccc1CNC(=O)c1csc(NC(=O)Nc2ccccc2)n1. The Labute approximate surface area is 160 Å². The Bertz CT molecular complexity index is 927. The van der Waals surface area contributed by atoms with E-state index in [0.717, 1.165) is 5.56 Å². The highest BCUT2D eigenvalue weighted by Gasteiger charge is 2.13. The van der Waals surface area contributed by atoms with Gasteiger partial charge in [0.05, 0.1) is 7.11 Å². The first-order chi connectivity index (χ1) is 13.2. The fourth-order valence-electron chi connectivity index (χ4n) is 2.33. The van der Waals surface area contributed by atoms with Gasteiger partial charge in [0.15, 0.2) is 5.13 Å². The highest BCUT2D eigenvalue weighted by Crippen LogP contribution is 2.18. The summed E-state index contributed by atoms with van der Waals surface area (Å²) in [5, 5.41) is 10.0. The van der Waals surface area contributed by atoms with Crippen LogP contribution in [0.5, 0.6) is 5.75 Å². The van der Waals surface area contributed by atoms with Crippen LogP contribution in [0, 0.1) is 0 Å². The Kier molecular flexibility index (Phi) is 6.01. The zero-order chi connectivity index (χ0) is 19.1. The number of hydrogen-bond acceptors (Lipinski definition) is 5. The predicted molar refractivity (Wildman–Crippen MR) is 105 cm³/mol. The van der Waals surface area contributed by atoms with E-state index in [9.17, 15) is 9.59 Å². The van der Waals surface area contributed by atoms with Crippen molar-refractivity contribution in [1.82, 2.24) is 10.3 Å². The lowest BCUT2D eigenvalue weighted by atomic mass is 10.2. The Morgan fingerprint density at radius 2 is 1.78 bits per heavy atom. The van der Waals surface area contributed by atoms with E-state index in [0.29, 0.717) is 23.1 Å². The molecule has 0 saturated heterocycles. The molecular weight excluding hydrogens is 364 g/mol. The van der Waals surface area contributed by atoms with Crippen molar-refractivity contribution in [2.24, 2.45) is 0 Å². The van der Waals surface area contributed by atoms with Crippen LogP contribution in [0.3, 0.4) is 0 Å². The number of urea groups is 1. The smallest absolute Gasteiger partial charge is 0.325 e. The molecule has 0 fully saturated rings. The van der Waals surface area contributed by atoms with Gasteiger partial charge in [0.1, 0.15) is 11.4 Å². The zero-order valence-electron chi connectivity index (χ0n) is 14.6. The lowest BCUT2D eigenvalue weighted by Crippen LogP contribution is -2.24. The molecule has 8 heteroatoms. The van der Waals surface area contributed by atoms with Crippen molar-refractivity contribution < 1.29 is 14.3 Å². The minimum Gasteiger partial charge on any atom is -0.496 e. The number of nitrogens with one attached hydrogen (secondary N) is 3. The van der Waals surface area contributed by atoms with Crippen molar-refractivity contribution in [3.8, 4) is 5.75 Å². The number of thiazole rings is 1. The molecule has 3 amide bonds. The van der Waals surface area contributed by atoms with Gasteiger partial charge in [-0.05, 0) is 18.2 Å². The number of rotatable bonds is 6. The topological polar surface area (TPSA) is 92.4 Å². The maximum atomic E-state index is 12.3. The van der Waals surface area contributed by atoms with Crippen molar-refractivity contribution in [1.29, 1.82) is 0 Å². The van der Waals surface area contributed by atoms with Crippen LogP contribution in [0.1, 0.15) is 16.1 Å². The lowest BCUT2D eigenvalue weighted by Gasteiger charge is -2.08. The molecule has 27 heavy (non-hydrogen) atoms. The molecule has 138 valence electrons. The second kappa shape index (κ2) is 8.81. The minimum absolute atomic E-state index is 0.241. The Morgan fingerprint density at radius 1 is 1.04 bits per heavy atom. The molecular formula is C19H18N4O3S. The Balaban J connectivity index is 1.55. The molecule has 0 atom stereocenters. The van der Waals surface area contributed by atoms with E-state index in [1.165, 1.54) is 11.3 Å². The molecule has 1 aromatic heterocycles. The normalized spacial score (nSPS) is 10.1. The van der Waals surface area contributed by atoms with Crippen molar-refractivity contribution in [2.45, 2.75) is 6.54 Å². The minimum atomic E-state index is -0.420. The van der Waals surface area contributed by atoms with E-state index in [2.05, 4.69) is 20.9 Å². The van der Waals surface area contributed by atoms with Crippen LogP contribution >= 0.6 is 11.3 Å². The van der Waals surface area contributed by atoms with Crippen molar-refractivity contribution in [3.63, 3.8) is 0 Å². The van der Waals surface area contributed by atoms with E-state index in [4.69, 9.17) is 4.74 Å². The number of carbonyl (C=O) groups is 2. The molecule has 0 saturated carbocycles. The average Bonchev–Trinajstić information content (AvgIpc) is 3.15. The first kappa shape index (κ1) is 18.4. The molecule has 0 aliphatic heterocycles. The summed E-state index contributed by atoms with van der Waals surface area (Å²) >= 11 is 1.18. The summed E-state index contributed by atoms with van der Waals surface area (Å²) in [6.07, 6.45) is 0. The number of hydrogen-bond donors (Lipinski definition) is 3. The largest absolute Gasteiger partial charge is 0.496 e. The predicted octanol–water partition coefficient (Wildman–Crippen LogP) is 3.73. The molecule has 0 aliphatic rings. The number of ether oxygens (including phenoxy) is 1. The Hall–Kier alpha value is -3.39. The molecule has 0 radical (unpaired) electrons. The summed E-state index contributed by atoms with van der Waals surface area (Å²) in [6.45, 7) is 0.317. The van der Waals surface area contributed by atoms with Crippen LogP contribution in [0.4, 0.5) is 15.6 Å². The second-order valence-electron chi connectivity index (χ2n) is 5.48. The molecule has 7 nitrogen and oxygen atoms in total. The number of carbonyl (C=O) groups excluding carboxylic acids is 2. The van der Waals surface area contributed by atoms with Gasteiger partial charge in [0, 0.05) is 23.2 Å². The molecule has 0 aliphatic carbocycles. The maximum absolute atomic E-state index is 12.3. The van der Waals surface area contributed by atoms with Gasteiger partial charge in [0.25, 0.3) is 5.91 Å². The molecule has 3 N–H and O–H groups in total. The zero-order valence-corrected chi connectivity index (χ0v) is 15.4. The van der Waals surface area contributed by atoms with Crippen LogP contribution in [-0.4, -0.2) is 24.0 Å². The van der Waals surface area contributed by atoms with E-state index < -0.39 is 6.03 Å². The van der Waals surface area contributed by atoms with E-state index in [1.54, 1.807) is 24.6 Å². The third-order valence-electron chi connectivity index (χ3n) is 3.62. The molecule has 0 unspecified atom stereocenters. The summed E-state index contributed by atoms with van der Waals surface area (Å²) in [5.74, 6) is 0.379. The molecule has 0 spiro atoms. The molecule has 3 aromatic rings. The molecule has 0 bridgehead atoms. The number of aromatic nitrogens is 1. The second-order valence-corrected chi connectivity index (χ2v) is 6.34. The first-order valence-electron chi connectivity index (χ1n) is 8.14. The third-order valence-corrected chi connectivity index (χ3v) is 4.38. The number of anilines is 2. The molecule has 2 aromatic carbocycles. The van der Waals surface area contributed by atoms with Crippen molar-refractivity contribution in [3.05, 3.63) is 71.2 Å². The lowest BCUT2D eigenvalue weighted by molar-refractivity contribution is 0.0946. The van der Waals surface area contributed by atoms with E-state index >= 15 is 0 Å². The van der Waals surface area contributed by atoms with Crippen LogP contribution in [0.15, 0.2) is 60.0 Å². The summed E-state index contributed by atoms with van der Waals surface area (Å²) in [7, 11) is 1.58. The Morgan fingerprint density at radius 3 is 2.56 bits per heavy atom. The fourth-order valence-corrected chi connectivity index (χ4v) is 3.02. The standard InChI is InChI=1S/C19H18N4O3S/c1-26-16-10-6-5-7-13(16)11-20-17(24)15-12-27-19(22-15)23-18(25)21-14-8-3-2-4-9-14/h2-10,12H,11H2,1H3,(H,20,24)(H2,21,22,23,25). The summed E-state index contributed by atoms with van der Waals surface area (Å²) < 4.78 is 5.26. The van der Waals surface area contributed by atoms with Crippen LogP contribution in [0.2, 0.25) is 0 Å². The van der Waals surface area contributed by atoms with Gasteiger partial charge in [-0.1, -0.05) is 36.4 Å². The number of nitrogens with zero attached hydrogens (tertiary/aromatic N) is 1. The van der Waals surface area contributed by atoms with Crippen LogP contribution in [0.25, 0.3) is 0 Å². The quantitative estimate of drug-likeness (QED) is 0.606. The number of methoxy groups -OCH3 is 1. The number of benzene rings is 2. The average molecular weight is 382 g/mol. The maximum Gasteiger partial charge on any atom is 0.325 e. The molecule has 3 rings (SSSR count). The number of para-hydroxylation sites is 2. The van der Waals surface area contributed by atoms with Gasteiger partial charge >= 0.3 is 6.03 Å². The van der Waals surface area contributed by atoms with Gasteiger partial charge < -0.3 is 15.4 Å². The van der Waals surface area contributed by atoms with Gasteiger partial charge in [-0.15, -0.1) is 11.3 Å². The third kappa shape index (κ3) is 5.05. The fraction of sp³-hybridized carbons (Fsp3) is 0.105. The highest BCUT2D eigenvalue weighted by atomic mass is 32.1. The van der Waals surface area contributed by atoms with Gasteiger partial charge in [-0.3, -0.25) is 10.1 Å². The van der Waals surface area contributed by atoms with Crippen molar-refractivity contribution in [2.75, 3.05) is 17.7 Å². The first-order valence-corrected chi connectivity index (χ1v) is 9.02. The van der Waals surface area contributed by atoms with E-state index in [1.807, 2.05) is 42.5 Å². The van der Waals surface area contributed by atoms with Gasteiger partial charge in [-0.25, -0.2) is 9.78 Å². The molecule has 1 heterocycles. The van der Waals surface area contributed by atoms with Gasteiger partial charge in [0.2, 0.25) is 0 Å².